The standard InChI is InChI=1S/C25H34N2O3S2/c1-17(18-7-5-4-6-8-18)26-12-20-13-31-15-24(20,14-26)22(28)27-21-11-19-9-10-25(21,23(19,2)3)16-32(27,29)30/h4-8,17,19-21H,9-16H2,1-3H3/t17-,19+,20+,21+,24+,25+/m0/s1. The van der Waals surface area contributed by atoms with Crippen LogP contribution in [0.3, 0.4) is 0 Å². The van der Waals surface area contributed by atoms with E-state index in [1.54, 1.807) is 0 Å². The molecule has 3 aliphatic heterocycles. The van der Waals surface area contributed by atoms with Gasteiger partial charge in [0.05, 0.1) is 17.2 Å². The average molecular weight is 475 g/mol. The zero-order chi connectivity index (χ0) is 22.5. The maximum absolute atomic E-state index is 14.3. The van der Waals surface area contributed by atoms with E-state index in [4.69, 9.17) is 0 Å². The summed E-state index contributed by atoms with van der Waals surface area (Å²) in [5, 5.41) is 0. The minimum Gasteiger partial charge on any atom is -0.295 e. The van der Waals surface area contributed by atoms with Crippen molar-refractivity contribution < 1.29 is 13.2 Å². The summed E-state index contributed by atoms with van der Waals surface area (Å²) in [6, 6.07) is 10.5. The molecule has 6 rings (SSSR count). The number of rotatable bonds is 3. The van der Waals surface area contributed by atoms with E-state index < -0.39 is 15.4 Å². The normalized spacial score (nSPS) is 42.2. The molecule has 2 bridgehead atoms. The lowest BCUT2D eigenvalue weighted by Gasteiger charge is -2.39. The molecular weight excluding hydrogens is 440 g/mol. The summed E-state index contributed by atoms with van der Waals surface area (Å²) in [7, 11) is -3.58. The van der Waals surface area contributed by atoms with Crippen LogP contribution in [-0.4, -0.2) is 59.9 Å². The topological polar surface area (TPSA) is 57.7 Å². The second kappa shape index (κ2) is 6.76. The molecule has 174 valence electrons. The molecule has 1 amide bonds. The first-order valence-electron chi connectivity index (χ1n) is 12.1. The average Bonchev–Trinajstić information content (AvgIpc) is 3.47. The number of amides is 1. The maximum Gasteiger partial charge on any atom is 0.245 e. The lowest BCUT2D eigenvalue weighted by Crippen LogP contribution is -2.53. The quantitative estimate of drug-likeness (QED) is 0.667. The Morgan fingerprint density at radius 2 is 1.94 bits per heavy atom. The molecule has 0 radical (unpaired) electrons. The zero-order valence-electron chi connectivity index (χ0n) is 19.3. The van der Waals surface area contributed by atoms with Gasteiger partial charge in [0.25, 0.3) is 0 Å². The van der Waals surface area contributed by atoms with Crippen LogP contribution in [0.4, 0.5) is 0 Å². The van der Waals surface area contributed by atoms with Crippen LogP contribution < -0.4 is 0 Å². The molecule has 5 nitrogen and oxygen atoms in total. The number of carbonyl (C=O) groups is 1. The molecule has 1 aromatic rings. The molecule has 0 aromatic heterocycles. The van der Waals surface area contributed by atoms with Gasteiger partial charge in [0.2, 0.25) is 15.9 Å². The van der Waals surface area contributed by atoms with Gasteiger partial charge < -0.3 is 0 Å². The third-order valence-electron chi connectivity index (χ3n) is 10.3. The van der Waals surface area contributed by atoms with Gasteiger partial charge in [-0.1, -0.05) is 44.2 Å². The van der Waals surface area contributed by atoms with Gasteiger partial charge >= 0.3 is 0 Å². The Morgan fingerprint density at radius 3 is 2.66 bits per heavy atom. The van der Waals surface area contributed by atoms with Crippen LogP contribution in [0.15, 0.2) is 30.3 Å². The van der Waals surface area contributed by atoms with Gasteiger partial charge in [0.15, 0.2) is 0 Å². The van der Waals surface area contributed by atoms with E-state index in [1.165, 1.54) is 9.87 Å². The lowest BCUT2D eigenvalue weighted by atomic mass is 9.68. The van der Waals surface area contributed by atoms with E-state index in [1.807, 2.05) is 17.8 Å². The van der Waals surface area contributed by atoms with Gasteiger partial charge in [-0.2, -0.15) is 11.8 Å². The predicted octanol–water partition coefficient (Wildman–Crippen LogP) is 3.78. The SMILES string of the molecule is C[C@@H](c1ccccc1)N1C[C@@H]2CSC[C@]2(C(=O)N2[C@@H]3C[C@H]4CC[C@]3(CS2(=O)=O)C4(C)C)C1. The van der Waals surface area contributed by atoms with Crippen LogP contribution in [0.2, 0.25) is 0 Å². The second-order valence-electron chi connectivity index (χ2n) is 11.6. The van der Waals surface area contributed by atoms with Crippen LogP contribution in [-0.2, 0) is 14.8 Å². The summed E-state index contributed by atoms with van der Waals surface area (Å²) in [5.41, 5.74) is 0.424. The molecule has 1 spiro atoms. The highest BCUT2D eigenvalue weighted by Crippen LogP contribution is 2.70. The largest absolute Gasteiger partial charge is 0.295 e. The van der Waals surface area contributed by atoms with Gasteiger partial charge in [-0.25, -0.2) is 12.7 Å². The number of fused-ring (bicyclic) bond motifs is 2. The molecule has 2 saturated carbocycles. The number of likely N-dealkylation sites (tertiary alicyclic amines) is 1. The molecule has 0 N–H and O–H groups in total. The van der Waals surface area contributed by atoms with Crippen LogP contribution in [0.1, 0.15) is 51.6 Å². The van der Waals surface area contributed by atoms with E-state index in [0.29, 0.717) is 12.5 Å². The summed E-state index contributed by atoms with van der Waals surface area (Å²) in [4.78, 5) is 16.7. The van der Waals surface area contributed by atoms with Gasteiger partial charge in [-0.15, -0.1) is 0 Å². The molecule has 1 aromatic carbocycles. The molecule has 5 fully saturated rings. The molecule has 3 saturated heterocycles. The minimum atomic E-state index is -3.58. The number of hydrogen-bond donors (Lipinski definition) is 0. The van der Waals surface area contributed by atoms with E-state index in [-0.39, 0.29) is 40.5 Å². The Morgan fingerprint density at radius 1 is 1.19 bits per heavy atom. The number of nitrogens with zero attached hydrogens (tertiary/aromatic N) is 2. The van der Waals surface area contributed by atoms with Crippen LogP contribution in [0, 0.1) is 28.1 Å². The Kier molecular flexibility index (Phi) is 4.54. The zero-order valence-corrected chi connectivity index (χ0v) is 20.9. The first-order valence-corrected chi connectivity index (χ1v) is 14.8. The molecule has 5 aliphatic rings. The van der Waals surface area contributed by atoms with E-state index in [0.717, 1.165) is 37.3 Å². The Balaban J connectivity index is 1.34. The molecule has 2 aliphatic carbocycles. The van der Waals surface area contributed by atoms with Crippen molar-refractivity contribution in [2.75, 3.05) is 30.3 Å². The van der Waals surface area contributed by atoms with Crippen molar-refractivity contribution in [3.05, 3.63) is 35.9 Å². The van der Waals surface area contributed by atoms with Crippen LogP contribution in [0.25, 0.3) is 0 Å². The lowest BCUT2D eigenvalue weighted by molar-refractivity contribution is -0.139. The molecular formula is C25H34N2O3S2. The number of sulfonamides is 1. The highest BCUT2D eigenvalue weighted by molar-refractivity contribution is 7.99. The summed E-state index contributed by atoms with van der Waals surface area (Å²) in [6.45, 7) is 8.24. The number of hydrogen-bond acceptors (Lipinski definition) is 5. The summed E-state index contributed by atoms with van der Waals surface area (Å²) in [5.74, 6) is 2.53. The Bertz CT molecular complexity index is 1060. The summed E-state index contributed by atoms with van der Waals surface area (Å²) < 4.78 is 28.5. The third-order valence-corrected chi connectivity index (χ3v) is 13.5. The van der Waals surface area contributed by atoms with Gasteiger partial charge in [0, 0.05) is 30.3 Å². The van der Waals surface area contributed by atoms with Crippen molar-refractivity contribution in [2.45, 2.75) is 52.1 Å². The van der Waals surface area contributed by atoms with Crippen LogP contribution >= 0.6 is 11.8 Å². The Hall–Kier alpha value is -1.05. The number of carbonyl (C=O) groups excluding carboxylic acids is 1. The highest BCUT2D eigenvalue weighted by Gasteiger charge is 2.74. The van der Waals surface area contributed by atoms with Crippen molar-refractivity contribution in [2.24, 2.45) is 28.1 Å². The molecule has 6 atom stereocenters. The van der Waals surface area contributed by atoms with Crippen molar-refractivity contribution >= 4 is 27.7 Å². The minimum absolute atomic E-state index is 0.00913. The molecule has 3 heterocycles. The number of benzene rings is 1. The maximum atomic E-state index is 14.3. The first kappa shape index (κ1) is 21.5. The fraction of sp³-hybridized carbons (Fsp3) is 0.720. The first-order chi connectivity index (χ1) is 15.1. The molecule has 32 heavy (non-hydrogen) atoms. The van der Waals surface area contributed by atoms with E-state index in [2.05, 4.69) is 49.9 Å². The smallest absolute Gasteiger partial charge is 0.245 e. The predicted molar refractivity (Wildman–Crippen MR) is 128 cm³/mol. The van der Waals surface area contributed by atoms with Crippen molar-refractivity contribution in [1.29, 1.82) is 0 Å². The van der Waals surface area contributed by atoms with E-state index in [9.17, 15) is 13.2 Å². The van der Waals surface area contributed by atoms with E-state index >= 15 is 0 Å². The van der Waals surface area contributed by atoms with Crippen LogP contribution in [0.5, 0.6) is 0 Å². The third kappa shape index (κ3) is 2.56. The van der Waals surface area contributed by atoms with Gasteiger partial charge in [0.1, 0.15) is 0 Å². The second-order valence-corrected chi connectivity index (χ2v) is 14.5. The fourth-order valence-corrected chi connectivity index (χ4v) is 12.3. The van der Waals surface area contributed by atoms with Crippen molar-refractivity contribution in [3.8, 4) is 0 Å². The molecule has 0 unspecified atom stereocenters. The molecule has 7 heteroatoms. The van der Waals surface area contributed by atoms with Gasteiger partial charge in [-0.3, -0.25) is 9.69 Å². The van der Waals surface area contributed by atoms with Gasteiger partial charge in [-0.05, 0) is 54.8 Å². The van der Waals surface area contributed by atoms with Crippen molar-refractivity contribution in [3.63, 3.8) is 0 Å². The Labute approximate surface area is 196 Å². The fourth-order valence-electron chi connectivity index (χ4n) is 8.09. The summed E-state index contributed by atoms with van der Waals surface area (Å²) >= 11 is 1.83. The summed E-state index contributed by atoms with van der Waals surface area (Å²) in [6.07, 6.45) is 2.91. The van der Waals surface area contributed by atoms with Crippen molar-refractivity contribution in [1.82, 2.24) is 9.21 Å². The number of thioether (sulfide) groups is 1. The highest BCUT2D eigenvalue weighted by atomic mass is 32.2. The monoisotopic (exact) mass is 474 g/mol.